The first kappa shape index (κ1) is 12.5. The van der Waals surface area contributed by atoms with Crippen LogP contribution in [-0.2, 0) is 0 Å². The van der Waals surface area contributed by atoms with E-state index in [1.165, 1.54) is 38.5 Å². The van der Waals surface area contributed by atoms with Crippen LogP contribution in [0.5, 0.6) is 0 Å². The molecule has 0 aromatic rings. The fourth-order valence-electron chi connectivity index (χ4n) is 0.854. The van der Waals surface area contributed by atoms with Crippen LogP contribution < -0.4 is 0 Å². The van der Waals surface area contributed by atoms with E-state index in [2.05, 4.69) is 13.8 Å². The van der Waals surface area contributed by atoms with Crippen LogP contribution in [0.2, 0.25) is 0 Å². The number of hydrogen-bond acceptors (Lipinski definition) is 0. The van der Waals surface area contributed by atoms with Crippen LogP contribution in [0.3, 0.4) is 0 Å². The molecule has 0 saturated carbocycles. The summed E-state index contributed by atoms with van der Waals surface area (Å²) in [4.78, 5) is 0. The third-order valence-electron chi connectivity index (χ3n) is 1.46. The zero-order chi connectivity index (χ0) is 6.24. The molecular formula is C8H22Sn. The van der Waals surface area contributed by atoms with Crippen molar-refractivity contribution in [3.05, 3.63) is 0 Å². The van der Waals surface area contributed by atoms with Crippen molar-refractivity contribution in [2.45, 2.75) is 52.4 Å². The number of unbranched alkanes of at least 4 members (excludes halogenated alkanes) is 5. The normalized spacial score (nSPS) is 8.67. The predicted molar refractivity (Wildman–Crippen MR) is 49.7 cm³/mol. The van der Waals surface area contributed by atoms with E-state index in [-0.39, 0.29) is 25.3 Å². The molecule has 9 heavy (non-hydrogen) atoms. The third-order valence-corrected chi connectivity index (χ3v) is 1.46. The van der Waals surface area contributed by atoms with Crippen LogP contribution in [-0.4, -0.2) is 23.9 Å². The van der Waals surface area contributed by atoms with Crippen molar-refractivity contribution in [2.75, 3.05) is 0 Å². The Morgan fingerprint density at radius 1 is 0.778 bits per heavy atom. The topological polar surface area (TPSA) is 0 Å². The van der Waals surface area contributed by atoms with Crippen molar-refractivity contribution in [3.8, 4) is 0 Å². The molecule has 0 spiro atoms. The van der Waals surface area contributed by atoms with Crippen LogP contribution in [0.1, 0.15) is 53.8 Å². The summed E-state index contributed by atoms with van der Waals surface area (Å²) in [6.07, 6.45) is 8.49. The molecule has 0 unspecified atom stereocenters. The van der Waals surface area contributed by atoms with Crippen LogP contribution in [0, 0.1) is 0 Å². The minimum atomic E-state index is 0. The first-order valence-corrected chi connectivity index (χ1v) is 3.91. The Morgan fingerprint density at radius 2 is 1.11 bits per heavy atom. The Hall–Kier alpha value is 0.799. The Morgan fingerprint density at radius 3 is 1.33 bits per heavy atom. The van der Waals surface area contributed by atoms with E-state index in [0.717, 1.165) is 0 Å². The van der Waals surface area contributed by atoms with E-state index in [0.29, 0.717) is 0 Å². The fraction of sp³-hybridized carbons (Fsp3) is 1.00. The quantitative estimate of drug-likeness (QED) is 0.509. The van der Waals surface area contributed by atoms with E-state index >= 15 is 0 Å². The fourth-order valence-corrected chi connectivity index (χ4v) is 0.854. The van der Waals surface area contributed by atoms with Gasteiger partial charge < -0.3 is 0 Å². The molecule has 0 bridgehead atoms. The molecule has 0 saturated heterocycles. The summed E-state index contributed by atoms with van der Waals surface area (Å²) in [6, 6.07) is 0. The summed E-state index contributed by atoms with van der Waals surface area (Å²) in [7, 11) is 0. The van der Waals surface area contributed by atoms with Gasteiger partial charge in [0, 0.05) is 1.43 Å². The van der Waals surface area contributed by atoms with Gasteiger partial charge in [-0.15, -0.1) is 0 Å². The monoisotopic (exact) mass is 238 g/mol. The molecule has 0 atom stereocenters. The maximum absolute atomic E-state index is 2.26. The first-order valence-electron chi connectivity index (χ1n) is 3.91. The molecule has 0 aromatic heterocycles. The molecule has 0 fully saturated rings. The molecule has 0 aliphatic rings. The second-order valence-electron chi connectivity index (χ2n) is 2.41. The molecule has 0 heterocycles. The van der Waals surface area contributed by atoms with Crippen LogP contribution in [0.25, 0.3) is 0 Å². The average Bonchev–Trinajstić information content (AvgIpc) is 1.81. The van der Waals surface area contributed by atoms with Gasteiger partial charge in [0.15, 0.2) is 0 Å². The Labute approximate surface area is 77.9 Å². The molecular weight excluding hydrogens is 215 g/mol. The van der Waals surface area contributed by atoms with Crippen molar-refractivity contribution in [2.24, 2.45) is 0 Å². The molecule has 0 aliphatic heterocycles. The van der Waals surface area contributed by atoms with Crippen LogP contribution >= 0.6 is 0 Å². The molecule has 2 radical (unpaired) electrons. The van der Waals surface area contributed by atoms with Gasteiger partial charge in [0.05, 0.1) is 0 Å². The molecule has 0 rings (SSSR count). The Kier molecular flexibility index (Phi) is 16.0. The summed E-state index contributed by atoms with van der Waals surface area (Å²) in [5, 5.41) is 0. The van der Waals surface area contributed by atoms with E-state index in [9.17, 15) is 0 Å². The van der Waals surface area contributed by atoms with Gasteiger partial charge in [-0.3, -0.25) is 0 Å². The third kappa shape index (κ3) is 12.1. The molecule has 1 heteroatoms. The van der Waals surface area contributed by atoms with Crippen LogP contribution in [0.4, 0.5) is 0 Å². The van der Waals surface area contributed by atoms with Crippen molar-refractivity contribution in [3.63, 3.8) is 0 Å². The van der Waals surface area contributed by atoms with Gasteiger partial charge in [-0.25, -0.2) is 0 Å². The van der Waals surface area contributed by atoms with Gasteiger partial charge in [0.1, 0.15) is 0 Å². The van der Waals surface area contributed by atoms with Gasteiger partial charge in [0.25, 0.3) is 0 Å². The van der Waals surface area contributed by atoms with Gasteiger partial charge in [-0.1, -0.05) is 52.4 Å². The summed E-state index contributed by atoms with van der Waals surface area (Å²) >= 11 is 0. The van der Waals surface area contributed by atoms with Gasteiger partial charge in [-0.05, 0) is 0 Å². The molecule has 0 nitrogen and oxygen atoms in total. The van der Waals surface area contributed by atoms with Gasteiger partial charge in [-0.2, -0.15) is 0 Å². The van der Waals surface area contributed by atoms with Crippen LogP contribution in [0.15, 0.2) is 0 Å². The van der Waals surface area contributed by atoms with Crippen molar-refractivity contribution in [1.82, 2.24) is 0 Å². The molecule has 0 amide bonds. The minimum absolute atomic E-state index is 0. The first-order chi connectivity index (χ1) is 3.91. The van der Waals surface area contributed by atoms with Gasteiger partial charge >= 0.3 is 23.9 Å². The van der Waals surface area contributed by atoms with Crippen molar-refractivity contribution < 1.29 is 1.43 Å². The predicted octanol–water partition coefficient (Wildman–Crippen LogP) is 2.70. The number of rotatable bonds is 5. The van der Waals surface area contributed by atoms with E-state index < -0.39 is 0 Å². The summed E-state index contributed by atoms with van der Waals surface area (Å²) in [6.45, 7) is 4.51. The number of hydrogen-bond donors (Lipinski definition) is 0. The van der Waals surface area contributed by atoms with Crippen molar-refractivity contribution in [1.29, 1.82) is 0 Å². The Balaban J connectivity index is -0.000000245. The standard InChI is InChI=1S/C8H18.Sn.H2.2H/c1-3-5-7-8-6-4-2;;;;/h3-8H2,1-2H3;;1H;;. The maximum atomic E-state index is 2.26. The molecule has 0 N–H and O–H groups in total. The Bertz CT molecular complexity index is 34.2. The molecule has 0 aliphatic carbocycles. The zero-order valence-electron chi connectivity index (χ0n) is 6.95. The second-order valence-corrected chi connectivity index (χ2v) is 2.41. The average molecular weight is 237 g/mol. The molecule has 58 valence electrons. The van der Waals surface area contributed by atoms with E-state index in [1.54, 1.807) is 0 Å². The second kappa shape index (κ2) is 11.6. The van der Waals surface area contributed by atoms with E-state index in [1.807, 2.05) is 0 Å². The van der Waals surface area contributed by atoms with E-state index in [4.69, 9.17) is 0 Å². The van der Waals surface area contributed by atoms with Gasteiger partial charge in [0.2, 0.25) is 0 Å². The summed E-state index contributed by atoms with van der Waals surface area (Å²) in [5.74, 6) is 0. The molecule has 0 aromatic carbocycles. The summed E-state index contributed by atoms with van der Waals surface area (Å²) in [5.41, 5.74) is 0. The zero-order valence-corrected chi connectivity index (χ0v) is 11.0. The SMILES string of the molecule is CCCCCCCC.[HH].[SnH2]. The van der Waals surface area contributed by atoms with Crippen molar-refractivity contribution >= 4 is 23.9 Å². The summed E-state index contributed by atoms with van der Waals surface area (Å²) < 4.78 is 0.